The van der Waals surface area contributed by atoms with Crippen molar-refractivity contribution in [2.45, 2.75) is 38.6 Å². The summed E-state index contributed by atoms with van der Waals surface area (Å²) in [5, 5.41) is 5.75. The maximum atomic E-state index is 13.9. The van der Waals surface area contributed by atoms with Crippen LogP contribution in [-0.4, -0.2) is 50.5 Å². The van der Waals surface area contributed by atoms with Gasteiger partial charge in [0.25, 0.3) is 5.91 Å². The molecular weight excluding hydrogens is 497 g/mol. The van der Waals surface area contributed by atoms with Crippen molar-refractivity contribution in [3.8, 4) is 11.5 Å². The standard InChI is InChI=1S/C27H30FN3O5S/c1-6-29-26(32)22-13-20-21(14-31(5)27(33)24(20)30-22)19-12-18(37(34,35)7-2)8-9-23(19)36-25-15(3)10-17(28)11-16(25)4/h8-14,20,24,30H,6-7H2,1-5H3,(H,29,32). The molecule has 2 heterocycles. The number of hydrogen-bond acceptors (Lipinski definition) is 6. The maximum Gasteiger partial charge on any atom is 0.267 e. The van der Waals surface area contributed by atoms with Crippen LogP contribution in [0.25, 0.3) is 5.57 Å². The molecule has 0 saturated carbocycles. The van der Waals surface area contributed by atoms with Gasteiger partial charge in [-0.3, -0.25) is 9.59 Å². The minimum absolute atomic E-state index is 0.0882. The van der Waals surface area contributed by atoms with E-state index in [2.05, 4.69) is 10.6 Å². The average Bonchev–Trinajstić information content (AvgIpc) is 3.30. The molecule has 8 nitrogen and oxygen atoms in total. The summed E-state index contributed by atoms with van der Waals surface area (Å²) < 4.78 is 45.7. The van der Waals surface area contributed by atoms with E-state index in [-0.39, 0.29) is 34.0 Å². The molecule has 2 aromatic rings. The van der Waals surface area contributed by atoms with Gasteiger partial charge in [0.1, 0.15) is 23.4 Å². The van der Waals surface area contributed by atoms with Crippen molar-refractivity contribution in [2.24, 2.45) is 5.92 Å². The summed E-state index contributed by atoms with van der Waals surface area (Å²) >= 11 is 0. The number of nitrogens with one attached hydrogen (secondary N) is 2. The van der Waals surface area contributed by atoms with Gasteiger partial charge in [0.05, 0.1) is 16.3 Å². The Kier molecular flexibility index (Phi) is 7.14. The van der Waals surface area contributed by atoms with Crippen molar-refractivity contribution in [1.29, 1.82) is 0 Å². The Morgan fingerprint density at radius 1 is 1.16 bits per heavy atom. The molecule has 2 amide bonds. The largest absolute Gasteiger partial charge is 0.456 e. The van der Waals surface area contributed by atoms with E-state index in [0.29, 0.717) is 40.3 Å². The van der Waals surface area contributed by atoms with Crippen molar-refractivity contribution in [3.05, 3.63) is 70.8 Å². The molecule has 4 rings (SSSR count). The summed E-state index contributed by atoms with van der Waals surface area (Å²) in [4.78, 5) is 27.0. The summed E-state index contributed by atoms with van der Waals surface area (Å²) in [5.41, 5.74) is 2.51. The molecule has 0 fully saturated rings. The van der Waals surface area contributed by atoms with Gasteiger partial charge in [-0.2, -0.15) is 0 Å². The van der Waals surface area contributed by atoms with Gasteiger partial charge in [0.15, 0.2) is 9.84 Å². The monoisotopic (exact) mass is 527 g/mol. The highest BCUT2D eigenvalue weighted by Gasteiger charge is 2.42. The topological polar surface area (TPSA) is 105 Å². The van der Waals surface area contributed by atoms with Gasteiger partial charge < -0.3 is 20.3 Å². The predicted octanol–water partition coefficient (Wildman–Crippen LogP) is 3.45. The van der Waals surface area contributed by atoms with E-state index in [9.17, 15) is 22.4 Å². The lowest BCUT2D eigenvalue weighted by Gasteiger charge is -2.32. The Labute approximate surface area is 216 Å². The number of halogens is 1. The molecule has 2 aromatic carbocycles. The SMILES string of the molecule is CCNC(=O)C1=CC2C(c3cc(S(=O)(=O)CC)ccc3Oc3c(C)cc(F)cc3C)=CN(C)C(=O)C2N1. The van der Waals surface area contributed by atoms with Gasteiger partial charge in [0.2, 0.25) is 5.91 Å². The first-order chi connectivity index (χ1) is 17.5. The first-order valence-corrected chi connectivity index (χ1v) is 13.7. The van der Waals surface area contributed by atoms with Crippen LogP contribution in [0, 0.1) is 25.6 Å². The lowest BCUT2D eigenvalue weighted by Crippen LogP contribution is -2.48. The smallest absolute Gasteiger partial charge is 0.267 e. The molecule has 0 radical (unpaired) electrons. The molecule has 2 N–H and O–H groups in total. The van der Waals surface area contributed by atoms with E-state index in [1.54, 1.807) is 53.1 Å². The first kappa shape index (κ1) is 26.4. The Morgan fingerprint density at radius 2 is 1.84 bits per heavy atom. The molecule has 0 aliphatic carbocycles. The van der Waals surface area contributed by atoms with Crippen LogP contribution in [0.4, 0.5) is 4.39 Å². The average molecular weight is 528 g/mol. The van der Waals surface area contributed by atoms with Crippen LogP contribution in [0.5, 0.6) is 11.5 Å². The van der Waals surface area contributed by atoms with Crippen molar-refractivity contribution in [3.63, 3.8) is 0 Å². The second-order valence-corrected chi connectivity index (χ2v) is 11.4. The molecule has 0 aromatic heterocycles. The fourth-order valence-corrected chi connectivity index (χ4v) is 5.55. The summed E-state index contributed by atoms with van der Waals surface area (Å²) in [6, 6.07) is 6.57. The molecular formula is C27H30FN3O5S. The van der Waals surface area contributed by atoms with Gasteiger partial charge in [-0.1, -0.05) is 6.92 Å². The van der Waals surface area contributed by atoms with Crippen molar-refractivity contribution < 1.29 is 27.1 Å². The number of carbonyl (C=O) groups excluding carboxylic acids is 2. The number of ether oxygens (including phenoxy) is 1. The number of aryl methyl sites for hydroxylation is 2. The number of rotatable bonds is 7. The molecule has 2 aliphatic heterocycles. The second-order valence-electron chi connectivity index (χ2n) is 9.15. The van der Waals surface area contributed by atoms with Crippen LogP contribution >= 0.6 is 0 Å². The zero-order chi connectivity index (χ0) is 27.1. The fraction of sp³-hybridized carbons (Fsp3) is 0.333. The third-order valence-corrected chi connectivity index (χ3v) is 8.27. The van der Waals surface area contributed by atoms with Crippen LogP contribution in [-0.2, 0) is 19.4 Å². The van der Waals surface area contributed by atoms with Crippen LogP contribution in [0.2, 0.25) is 0 Å². The Hall–Kier alpha value is -3.66. The van der Waals surface area contributed by atoms with Crippen molar-refractivity contribution >= 4 is 27.2 Å². The fourth-order valence-electron chi connectivity index (χ4n) is 4.64. The second kappa shape index (κ2) is 10.0. The Balaban J connectivity index is 1.89. The minimum atomic E-state index is -3.56. The Morgan fingerprint density at radius 3 is 2.46 bits per heavy atom. The van der Waals surface area contributed by atoms with Crippen LogP contribution < -0.4 is 15.4 Å². The number of amides is 2. The molecule has 2 atom stereocenters. The zero-order valence-corrected chi connectivity index (χ0v) is 22.2. The Bertz CT molecular complexity index is 1420. The number of likely N-dealkylation sites (N-methyl/N-ethyl adjacent to an activating group) is 2. The molecule has 0 spiro atoms. The summed E-state index contributed by atoms with van der Waals surface area (Å²) in [6.07, 6.45) is 3.32. The number of fused-ring (bicyclic) bond motifs is 1. The lowest BCUT2D eigenvalue weighted by molar-refractivity contribution is -0.130. The highest BCUT2D eigenvalue weighted by molar-refractivity contribution is 7.91. The highest BCUT2D eigenvalue weighted by Crippen LogP contribution is 2.42. The first-order valence-electron chi connectivity index (χ1n) is 12.0. The lowest BCUT2D eigenvalue weighted by atomic mass is 9.85. The third-order valence-electron chi connectivity index (χ3n) is 6.54. The number of benzene rings is 2. The number of carbonyl (C=O) groups is 2. The summed E-state index contributed by atoms with van der Waals surface area (Å²) in [5.74, 6) is -0.773. The van der Waals surface area contributed by atoms with Crippen LogP contribution in [0.15, 0.2) is 53.2 Å². The minimum Gasteiger partial charge on any atom is -0.456 e. The third kappa shape index (κ3) is 4.98. The van der Waals surface area contributed by atoms with Gasteiger partial charge in [-0.05, 0) is 73.9 Å². The predicted molar refractivity (Wildman–Crippen MR) is 138 cm³/mol. The van der Waals surface area contributed by atoms with Crippen LogP contribution in [0.1, 0.15) is 30.5 Å². The van der Waals surface area contributed by atoms with Gasteiger partial charge >= 0.3 is 0 Å². The molecule has 10 heteroatoms. The number of sulfone groups is 1. The molecule has 0 saturated heterocycles. The molecule has 2 aliphatic rings. The van der Waals surface area contributed by atoms with E-state index >= 15 is 0 Å². The van der Waals surface area contributed by atoms with E-state index in [1.807, 2.05) is 0 Å². The van der Waals surface area contributed by atoms with Crippen molar-refractivity contribution in [2.75, 3.05) is 19.3 Å². The van der Waals surface area contributed by atoms with E-state index < -0.39 is 21.8 Å². The molecule has 0 bridgehead atoms. The maximum absolute atomic E-state index is 13.9. The molecule has 196 valence electrons. The van der Waals surface area contributed by atoms with Gasteiger partial charge in [-0.25, -0.2) is 12.8 Å². The summed E-state index contributed by atoms with van der Waals surface area (Å²) in [6.45, 7) is 7.24. The van der Waals surface area contributed by atoms with Gasteiger partial charge in [0, 0.05) is 31.3 Å². The molecule has 37 heavy (non-hydrogen) atoms. The normalized spacial score (nSPS) is 19.1. The highest BCUT2D eigenvalue weighted by atomic mass is 32.2. The van der Waals surface area contributed by atoms with E-state index in [4.69, 9.17) is 4.74 Å². The van der Waals surface area contributed by atoms with E-state index in [0.717, 1.165) is 0 Å². The number of hydrogen-bond donors (Lipinski definition) is 2. The number of nitrogens with zero attached hydrogens (tertiary/aromatic N) is 1. The molecule has 2 unspecified atom stereocenters. The van der Waals surface area contributed by atoms with Crippen LogP contribution in [0.3, 0.4) is 0 Å². The quantitative estimate of drug-likeness (QED) is 0.572. The zero-order valence-electron chi connectivity index (χ0n) is 21.4. The summed E-state index contributed by atoms with van der Waals surface area (Å²) in [7, 11) is -1.95. The van der Waals surface area contributed by atoms with E-state index in [1.165, 1.54) is 29.2 Å². The van der Waals surface area contributed by atoms with Crippen molar-refractivity contribution in [1.82, 2.24) is 15.5 Å². The van der Waals surface area contributed by atoms with Gasteiger partial charge in [-0.15, -0.1) is 0 Å².